The topological polar surface area (TPSA) is 156 Å². The van der Waals surface area contributed by atoms with Crippen LogP contribution < -0.4 is 14.8 Å². The van der Waals surface area contributed by atoms with E-state index < -0.39 is 37.2 Å². The molecule has 0 saturated carbocycles. The number of sulfonamides is 1. The highest BCUT2D eigenvalue weighted by Gasteiger charge is 2.31. The Kier molecular flexibility index (Phi) is 7.36. The number of hydrogen-bond acceptors (Lipinski definition) is 7. The molecule has 0 saturated heterocycles. The fourth-order valence-electron chi connectivity index (χ4n) is 3.94. The first-order valence-electron chi connectivity index (χ1n) is 10.6. The van der Waals surface area contributed by atoms with E-state index in [0.717, 1.165) is 23.3 Å². The van der Waals surface area contributed by atoms with E-state index in [2.05, 4.69) is 5.32 Å². The van der Waals surface area contributed by atoms with Crippen molar-refractivity contribution in [2.75, 3.05) is 10.8 Å². The van der Waals surface area contributed by atoms with E-state index in [1.54, 1.807) is 6.07 Å². The maximum atomic E-state index is 12.9. The first-order valence-corrected chi connectivity index (χ1v) is 13.9. The van der Waals surface area contributed by atoms with Crippen LogP contribution in [0.2, 0.25) is 5.02 Å². The van der Waals surface area contributed by atoms with Crippen LogP contribution in [-0.4, -0.2) is 33.9 Å². The molecular weight excluding hydrogens is 530 g/mol. The summed E-state index contributed by atoms with van der Waals surface area (Å²) in [6, 6.07) is 16.1. The predicted octanol–water partition coefficient (Wildman–Crippen LogP) is 2.86. The second-order valence-electron chi connectivity index (χ2n) is 8.02. The van der Waals surface area contributed by atoms with Crippen LogP contribution in [0.1, 0.15) is 22.7 Å². The van der Waals surface area contributed by atoms with E-state index in [-0.39, 0.29) is 23.0 Å². The molecule has 0 aromatic heterocycles. The van der Waals surface area contributed by atoms with Crippen LogP contribution in [0.3, 0.4) is 0 Å². The SMILES string of the molecule is NS(=O)(=O)c1cc(N(c2ccc3c(c2)C(C(=O)OCc2ccccc2)NCC3)S(=O)(=O)O)ccc1Cl. The molecule has 0 aliphatic carbocycles. The molecule has 4 rings (SSSR count). The monoisotopic (exact) mass is 551 g/mol. The van der Waals surface area contributed by atoms with Crippen LogP contribution in [0.15, 0.2) is 71.6 Å². The zero-order valence-corrected chi connectivity index (χ0v) is 21.1. The summed E-state index contributed by atoms with van der Waals surface area (Å²) in [6.45, 7) is 0.555. The molecule has 4 N–H and O–H groups in total. The summed E-state index contributed by atoms with van der Waals surface area (Å²) >= 11 is 5.92. The van der Waals surface area contributed by atoms with Crippen molar-refractivity contribution in [3.8, 4) is 0 Å². The smallest absolute Gasteiger partial charge is 0.364 e. The maximum absolute atomic E-state index is 12.9. The second kappa shape index (κ2) is 10.2. The third-order valence-electron chi connectivity index (χ3n) is 5.56. The summed E-state index contributed by atoms with van der Waals surface area (Å²) in [5.41, 5.74) is 1.80. The fourth-order valence-corrected chi connectivity index (χ4v) is 5.77. The molecule has 0 spiro atoms. The van der Waals surface area contributed by atoms with E-state index in [9.17, 15) is 26.2 Å². The van der Waals surface area contributed by atoms with Crippen molar-refractivity contribution in [3.05, 3.63) is 88.4 Å². The van der Waals surface area contributed by atoms with Gasteiger partial charge in [0, 0.05) is 6.54 Å². The van der Waals surface area contributed by atoms with Crippen molar-refractivity contribution in [1.29, 1.82) is 0 Å². The quantitative estimate of drug-likeness (QED) is 0.299. The molecule has 0 amide bonds. The summed E-state index contributed by atoms with van der Waals surface area (Å²) in [6.07, 6.45) is 0.570. The Morgan fingerprint density at radius 2 is 1.72 bits per heavy atom. The Bertz CT molecular complexity index is 1510. The number of anilines is 2. The summed E-state index contributed by atoms with van der Waals surface area (Å²) in [4.78, 5) is 12.4. The van der Waals surface area contributed by atoms with Gasteiger partial charge in [-0.25, -0.2) is 22.7 Å². The molecule has 1 atom stereocenters. The number of primary sulfonamides is 1. The number of nitrogens with two attached hydrogens (primary N) is 1. The number of carbonyl (C=O) groups is 1. The van der Waals surface area contributed by atoms with Gasteiger partial charge >= 0.3 is 16.3 Å². The lowest BCUT2D eigenvalue weighted by Crippen LogP contribution is -2.36. The molecule has 1 aliphatic heterocycles. The predicted molar refractivity (Wildman–Crippen MR) is 134 cm³/mol. The summed E-state index contributed by atoms with van der Waals surface area (Å²) in [5, 5.41) is 8.04. The van der Waals surface area contributed by atoms with Crippen molar-refractivity contribution < 1.29 is 30.9 Å². The third-order valence-corrected chi connectivity index (χ3v) is 7.84. The molecule has 0 radical (unpaired) electrons. The van der Waals surface area contributed by atoms with Crippen molar-refractivity contribution in [3.63, 3.8) is 0 Å². The zero-order valence-electron chi connectivity index (χ0n) is 18.7. The Hall–Kier alpha value is -3.00. The molecule has 3 aromatic rings. The average Bonchev–Trinajstić information content (AvgIpc) is 2.82. The fraction of sp³-hybridized carbons (Fsp3) is 0.174. The van der Waals surface area contributed by atoms with Crippen molar-refractivity contribution in [2.45, 2.75) is 24.0 Å². The molecule has 1 heterocycles. The van der Waals surface area contributed by atoms with Gasteiger partial charge in [-0.1, -0.05) is 48.0 Å². The van der Waals surface area contributed by atoms with Gasteiger partial charge in [0.2, 0.25) is 10.0 Å². The summed E-state index contributed by atoms with van der Waals surface area (Å²) in [7, 11) is -9.23. The third kappa shape index (κ3) is 5.69. The normalized spacial score (nSPS) is 15.7. The molecular formula is C23H22ClN3O7S2. The highest BCUT2D eigenvalue weighted by molar-refractivity contribution is 7.89. The van der Waals surface area contributed by atoms with Crippen LogP contribution in [-0.2, 0) is 42.9 Å². The molecule has 0 bridgehead atoms. The van der Waals surface area contributed by atoms with Gasteiger partial charge in [0.25, 0.3) is 0 Å². The van der Waals surface area contributed by atoms with Crippen molar-refractivity contribution in [1.82, 2.24) is 5.32 Å². The number of ether oxygens (including phenoxy) is 1. The lowest BCUT2D eigenvalue weighted by Gasteiger charge is -2.28. The number of fused-ring (bicyclic) bond motifs is 1. The number of nitrogens with one attached hydrogen (secondary N) is 1. The van der Waals surface area contributed by atoms with Gasteiger partial charge in [-0.15, -0.1) is 0 Å². The van der Waals surface area contributed by atoms with E-state index >= 15 is 0 Å². The van der Waals surface area contributed by atoms with Gasteiger partial charge in [-0.2, -0.15) is 8.42 Å². The van der Waals surface area contributed by atoms with Gasteiger partial charge < -0.3 is 10.1 Å². The van der Waals surface area contributed by atoms with Crippen LogP contribution in [0, 0.1) is 0 Å². The maximum Gasteiger partial charge on any atom is 0.364 e. The van der Waals surface area contributed by atoms with E-state index in [4.69, 9.17) is 21.5 Å². The van der Waals surface area contributed by atoms with Gasteiger partial charge in [-0.05, 0) is 53.4 Å². The number of esters is 1. The second-order valence-corrected chi connectivity index (χ2v) is 11.2. The molecule has 1 unspecified atom stereocenters. The number of benzene rings is 3. The van der Waals surface area contributed by atoms with Crippen LogP contribution in [0.5, 0.6) is 0 Å². The highest BCUT2D eigenvalue weighted by atomic mass is 35.5. The Morgan fingerprint density at radius 1 is 1.06 bits per heavy atom. The largest absolute Gasteiger partial charge is 0.459 e. The minimum Gasteiger partial charge on any atom is -0.459 e. The van der Waals surface area contributed by atoms with E-state index in [1.807, 2.05) is 30.3 Å². The number of hydrogen-bond donors (Lipinski definition) is 3. The molecule has 3 aromatic carbocycles. The number of nitrogens with zero attached hydrogens (tertiary/aromatic N) is 1. The summed E-state index contributed by atoms with van der Waals surface area (Å²) in [5.74, 6) is -0.557. The molecule has 1 aliphatic rings. The van der Waals surface area contributed by atoms with Crippen molar-refractivity contribution >= 4 is 49.3 Å². The molecule has 10 nitrogen and oxygen atoms in total. The number of carbonyl (C=O) groups excluding carboxylic acids is 1. The minimum absolute atomic E-state index is 0.0384. The minimum atomic E-state index is -4.94. The molecule has 36 heavy (non-hydrogen) atoms. The molecule has 190 valence electrons. The van der Waals surface area contributed by atoms with Crippen LogP contribution in [0.25, 0.3) is 0 Å². The molecule has 0 fully saturated rings. The Labute approximate surface area is 213 Å². The average molecular weight is 552 g/mol. The lowest BCUT2D eigenvalue weighted by molar-refractivity contribution is -0.147. The Morgan fingerprint density at radius 3 is 2.39 bits per heavy atom. The van der Waals surface area contributed by atoms with Gasteiger partial charge in [0.15, 0.2) is 0 Å². The van der Waals surface area contributed by atoms with Gasteiger partial charge in [-0.3, -0.25) is 4.55 Å². The van der Waals surface area contributed by atoms with Gasteiger partial charge in [0.1, 0.15) is 17.5 Å². The molecule has 13 heteroatoms. The summed E-state index contributed by atoms with van der Waals surface area (Å²) < 4.78 is 64.6. The van der Waals surface area contributed by atoms with E-state index in [0.29, 0.717) is 22.8 Å². The Balaban J connectivity index is 1.72. The van der Waals surface area contributed by atoms with E-state index in [1.165, 1.54) is 18.2 Å². The van der Waals surface area contributed by atoms with Gasteiger partial charge in [0.05, 0.1) is 16.4 Å². The van der Waals surface area contributed by atoms with Crippen LogP contribution in [0.4, 0.5) is 11.4 Å². The number of rotatable bonds is 7. The van der Waals surface area contributed by atoms with Crippen molar-refractivity contribution in [2.24, 2.45) is 5.14 Å². The zero-order chi connectivity index (χ0) is 26.1. The highest BCUT2D eigenvalue weighted by Crippen LogP contribution is 2.36. The number of halogens is 1. The standard InChI is InChI=1S/C23H22ClN3O7S2/c24-20-9-8-18(13-21(20)35(25,29)30)27(36(31,32)33)17-7-6-16-10-11-26-22(19(16)12-17)23(28)34-14-15-4-2-1-3-5-15/h1-9,12-13,22,26H,10-11,14H2,(H2,25,29,30)(H,31,32,33). The van der Waals surface area contributed by atoms with Crippen LogP contribution >= 0.6 is 11.6 Å². The lowest BCUT2D eigenvalue weighted by atomic mass is 9.93. The first kappa shape index (κ1) is 26.1. The first-order chi connectivity index (χ1) is 16.9.